The van der Waals surface area contributed by atoms with Gasteiger partial charge in [0.15, 0.2) is 0 Å². The number of carbonyl (C=O) groups is 1. The number of aryl methyl sites for hydroxylation is 1. The number of hydrogen-bond donors (Lipinski definition) is 2. The fourth-order valence-corrected chi connectivity index (χ4v) is 3.28. The zero-order chi connectivity index (χ0) is 15.5. The van der Waals surface area contributed by atoms with Crippen LogP contribution in [-0.4, -0.2) is 22.1 Å². The van der Waals surface area contributed by atoms with Crippen molar-refractivity contribution in [1.82, 2.24) is 10.3 Å². The van der Waals surface area contributed by atoms with Crippen molar-refractivity contribution in [3.63, 3.8) is 0 Å². The minimum atomic E-state index is -0.326. The van der Waals surface area contributed by atoms with Gasteiger partial charge in [0.1, 0.15) is 0 Å². The highest BCUT2D eigenvalue weighted by Gasteiger charge is 2.25. The minimum Gasteiger partial charge on any atom is -0.393 e. The number of pyridine rings is 1. The molecule has 4 nitrogen and oxygen atoms in total. The molecule has 0 bridgehead atoms. The second kappa shape index (κ2) is 6.44. The first-order valence-electron chi connectivity index (χ1n) is 7.94. The van der Waals surface area contributed by atoms with Gasteiger partial charge in [-0.2, -0.15) is 0 Å². The lowest BCUT2D eigenvalue weighted by Crippen LogP contribution is -2.34. The molecule has 22 heavy (non-hydrogen) atoms. The molecule has 1 aliphatic carbocycles. The maximum atomic E-state index is 12.3. The summed E-state index contributed by atoms with van der Waals surface area (Å²) in [5, 5.41) is 13.8. The second-order valence-electron chi connectivity index (χ2n) is 6.17. The number of rotatable bonds is 3. The smallest absolute Gasteiger partial charge is 0.223 e. The molecule has 1 aromatic heterocycles. The first kappa shape index (κ1) is 15.0. The van der Waals surface area contributed by atoms with Crippen molar-refractivity contribution in [2.45, 2.75) is 45.3 Å². The molecule has 0 spiro atoms. The SMILES string of the molecule is Cc1ccc2ncccc2c1CNC(=O)[C@@H]1CCC[C@H](O)C1. The molecular weight excluding hydrogens is 276 g/mol. The minimum absolute atomic E-state index is 0.0547. The molecule has 4 heteroatoms. The van der Waals surface area contributed by atoms with Crippen LogP contribution in [0.25, 0.3) is 10.9 Å². The van der Waals surface area contributed by atoms with Crippen LogP contribution in [0.5, 0.6) is 0 Å². The summed E-state index contributed by atoms with van der Waals surface area (Å²) >= 11 is 0. The van der Waals surface area contributed by atoms with E-state index in [2.05, 4.69) is 17.2 Å². The van der Waals surface area contributed by atoms with Crippen LogP contribution in [-0.2, 0) is 11.3 Å². The second-order valence-corrected chi connectivity index (χ2v) is 6.17. The van der Waals surface area contributed by atoms with E-state index in [1.807, 2.05) is 24.3 Å². The molecule has 1 heterocycles. The Morgan fingerprint density at radius 2 is 2.23 bits per heavy atom. The fraction of sp³-hybridized carbons (Fsp3) is 0.444. The van der Waals surface area contributed by atoms with Gasteiger partial charge in [-0.05, 0) is 49.4 Å². The standard InChI is InChI=1S/C18H22N2O2/c1-12-7-8-17-15(6-3-9-19-17)16(12)11-20-18(22)13-4-2-5-14(21)10-13/h3,6-9,13-14,21H,2,4-5,10-11H2,1H3,(H,20,22)/t13-,14+/m1/s1. The maximum absolute atomic E-state index is 12.3. The van der Waals surface area contributed by atoms with Gasteiger partial charge in [-0.3, -0.25) is 9.78 Å². The van der Waals surface area contributed by atoms with E-state index in [9.17, 15) is 9.90 Å². The Labute approximate surface area is 130 Å². The van der Waals surface area contributed by atoms with Gasteiger partial charge in [0, 0.05) is 24.0 Å². The molecule has 1 aliphatic rings. The Kier molecular flexibility index (Phi) is 4.39. The zero-order valence-electron chi connectivity index (χ0n) is 12.9. The number of fused-ring (bicyclic) bond motifs is 1. The number of aromatic nitrogens is 1. The average molecular weight is 298 g/mol. The van der Waals surface area contributed by atoms with Gasteiger partial charge in [-0.15, -0.1) is 0 Å². The highest BCUT2D eigenvalue weighted by Crippen LogP contribution is 2.25. The van der Waals surface area contributed by atoms with Gasteiger partial charge in [0.2, 0.25) is 5.91 Å². The molecular formula is C18H22N2O2. The molecule has 1 aromatic carbocycles. The van der Waals surface area contributed by atoms with E-state index >= 15 is 0 Å². The predicted octanol–water partition coefficient (Wildman–Crippen LogP) is 2.71. The highest BCUT2D eigenvalue weighted by molar-refractivity contribution is 5.84. The average Bonchev–Trinajstić information content (AvgIpc) is 2.53. The number of nitrogens with zero attached hydrogens (tertiary/aromatic N) is 1. The van der Waals surface area contributed by atoms with E-state index in [1.165, 1.54) is 0 Å². The number of hydrogen-bond acceptors (Lipinski definition) is 3. The Bertz CT molecular complexity index is 684. The first-order valence-corrected chi connectivity index (χ1v) is 7.94. The highest BCUT2D eigenvalue weighted by atomic mass is 16.3. The van der Waals surface area contributed by atoms with Crippen molar-refractivity contribution in [2.24, 2.45) is 5.92 Å². The molecule has 0 saturated heterocycles. The maximum Gasteiger partial charge on any atom is 0.223 e. The van der Waals surface area contributed by atoms with Gasteiger partial charge >= 0.3 is 0 Å². The van der Waals surface area contributed by atoms with E-state index in [-0.39, 0.29) is 17.9 Å². The van der Waals surface area contributed by atoms with Crippen LogP contribution in [0, 0.1) is 12.8 Å². The van der Waals surface area contributed by atoms with E-state index < -0.39 is 0 Å². The molecule has 1 fully saturated rings. The number of nitrogens with one attached hydrogen (secondary N) is 1. The lowest BCUT2D eigenvalue weighted by atomic mass is 9.86. The van der Waals surface area contributed by atoms with Crippen LogP contribution in [0.1, 0.15) is 36.8 Å². The summed E-state index contributed by atoms with van der Waals surface area (Å²) in [5.41, 5.74) is 3.23. The van der Waals surface area contributed by atoms with Crippen LogP contribution in [0.15, 0.2) is 30.5 Å². The van der Waals surface area contributed by atoms with Gasteiger partial charge < -0.3 is 10.4 Å². The molecule has 116 valence electrons. The van der Waals surface area contributed by atoms with Crippen molar-refractivity contribution in [3.8, 4) is 0 Å². The monoisotopic (exact) mass is 298 g/mol. The van der Waals surface area contributed by atoms with Crippen LogP contribution >= 0.6 is 0 Å². The molecule has 0 unspecified atom stereocenters. The molecule has 2 atom stereocenters. The van der Waals surface area contributed by atoms with Crippen molar-refractivity contribution in [2.75, 3.05) is 0 Å². The van der Waals surface area contributed by atoms with E-state index in [0.717, 1.165) is 41.3 Å². The zero-order valence-corrected chi connectivity index (χ0v) is 12.9. The van der Waals surface area contributed by atoms with Crippen molar-refractivity contribution < 1.29 is 9.90 Å². The number of aliphatic hydroxyl groups is 1. The van der Waals surface area contributed by atoms with E-state index in [0.29, 0.717) is 13.0 Å². The third-order valence-electron chi connectivity index (χ3n) is 4.59. The molecule has 3 rings (SSSR count). The van der Waals surface area contributed by atoms with Crippen molar-refractivity contribution in [3.05, 3.63) is 41.6 Å². The lowest BCUT2D eigenvalue weighted by Gasteiger charge is -2.25. The molecule has 0 aliphatic heterocycles. The van der Waals surface area contributed by atoms with E-state index in [1.54, 1.807) is 6.20 Å². The Morgan fingerprint density at radius 1 is 1.36 bits per heavy atom. The fourth-order valence-electron chi connectivity index (χ4n) is 3.28. The van der Waals surface area contributed by atoms with Gasteiger partial charge in [-0.1, -0.05) is 18.6 Å². The van der Waals surface area contributed by atoms with Crippen LogP contribution in [0.2, 0.25) is 0 Å². The Hall–Kier alpha value is -1.94. The van der Waals surface area contributed by atoms with Crippen molar-refractivity contribution in [1.29, 1.82) is 0 Å². The predicted molar refractivity (Wildman–Crippen MR) is 86.3 cm³/mol. The number of benzene rings is 1. The molecule has 2 N–H and O–H groups in total. The normalized spacial score (nSPS) is 21.7. The quantitative estimate of drug-likeness (QED) is 0.916. The van der Waals surface area contributed by atoms with Crippen LogP contribution in [0.4, 0.5) is 0 Å². The van der Waals surface area contributed by atoms with E-state index in [4.69, 9.17) is 0 Å². The largest absolute Gasteiger partial charge is 0.393 e. The summed E-state index contributed by atoms with van der Waals surface area (Å²) in [7, 11) is 0. The summed E-state index contributed by atoms with van der Waals surface area (Å²) < 4.78 is 0. The summed E-state index contributed by atoms with van der Waals surface area (Å²) in [6, 6.07) is 8.01. The van der Waals surface area contributed by atoms with Gasteiger partial charge in [0.05, 0.1) is 11.6 Å². The molecule has 1 saturated carbocycles. The number of carbonyl (C=O) groups excluding carboxylic acids is 1. The van der Waals surface area contributed by atoms with Crippen LogP contribution in [0.3, 0.4) is 0 Å². The first-order chi connectivity index (χ1) is 10.6. The topological polar surface area (TPSA) is 62.2 Å². The van der Waals surface area contributed by atoms with Crippen molar-refractivity contribution >= 4 is 16.8 Å². The summed E-state index contributed by atoms with van der Waals surface area (Å²) in [6.45, 7) is 2.57. The summed E-state index contributed by atoms with van der Waals surface area (Å²) in [6.07, 6.45) is 4.66. The third-order valence-corrected chi connectivity index (χ3v) is 4.59. The van der Waals surface area contributed by atoms with Gasteiger partial charge in [-0.25, -0.2) is 0 Å². The molecule has 2 aromatic rings. The van der Waals surface area contributed by atoms with Crippen LogP contribution < -0.4 is 5.32 Å². The summed E-state index contributed by atoms with van der Waals surface area (Å²) in [5.74, 6) is -0.00352. The lowest BCUT2D eigenvalue weighted by molar-refractivity contribution is -0.127. The Balaban J connectivity index is 1.73. The number of aliphatic hydroxyl groups excluding tert-OH is 1. The Morgan fingerprint density at radius 3 is 3.05 bits per heavy atom. The third kappa shape index (κ3) is 3.12. The van der Waals surface area contributed by atoms with Gasteiger partial charge in [0.25, 0.3) is 0 Å². The molecule has 1 amide bonds. The number of amides is 1. The summed E-state index contributed by atoms with van der Waals surface area (Å²) in [4.78, 5) is 16.7. The molecule has 0 radical (unpaired) electrons.